The molecule has 41 heavy (non-hydrogen) atoms. The number of aryl methyl sites for hydroxylation is 1. The molecule has 0 spiro atoms. The maximum absolute atomic E-state index is 13.7. The summed E-state index contributed by atoms with van der Waals surface area (Å²) in [4.78, 5) is 30.5. The zero-order valence-corrected chi connectivity index (χ0v) is 22.8. The van der Waals surface area contributed by atoms with E-state index in [-0.39, 0.29) is 19.1 Å². The molecule has 2 amide bonds. The van der Waals surface area contributed by atoms with Crippen molar-refractivity contribution in [2.24, 2.45) is 5.92 Å². The fourth-order valence-corrected chi connectivity index (χ4v) is 5.88. The summed E-state index contributed by atoms with van der Waals surface area (Å²) in [5, 5.41) is 31.1. The third kappa shape index (κ3) is 4.25. The zero-order chi connectivity index (χ0) is 28.7. The maximum atomic E-state index is 13.7. The van der Waals surface area contributed by atoms with Crippen molar-refractivity contribution in [1.82, 2.24) is 15.0 Å². The molecule has 0 saturated carbocycles. The van der Waals surface area contributed by atoms with Crippen LogP contribution in [0.4, 0.5) is 17.1 Å². The SMILES string of the molecule is C=CCN1C(=O)[C@@](O)([C@@H](C)/C=C/CCn2cc(CCO)nn2)c2cc(N3C(=O)c4cccc5cccc3c45)ccc21. The Hall–Kier alpha value is -4.60. The number of fused-ring (bicyclic) bond motifs is 1. The third-order valence-corrected chi connectivity index (χ3v) is 7.94. The fraction of sp³-hybridized carbons (Fsp3) is 0.250. The molecule has 0 aliphatic carbocycles. The van der Waals surface area contributed by atoms with Gasteiger partial charge in [-0.1, -0.05) is 54.6 Å². The Kier molecular flexibility index (Phi) is 6.76. The molecule has 0 bridgehead atoms. The quantitative estimate of drug-likeness (QED) is 0.286. The Morgan fingerprint density at radius 2 is 1.90 bits per heavy atom. The molecule has 9 heteroatoms. The van der Waals surface area contributed by atoms with Gasteiger partial charge in [0.15, 0.2) is 5.60 Å². The molecule has 208 valence electrons. The van der Waals surface area contributed by atoms with E-state index >= 15 is 0 Å². The lowest BCUT2D eigenvalue weighted by Crippen LogP contribution is -2.44. The van der Waals surface area contributed by atoms with Gasteiger partial charge in [-0.2, -0.15) is 0 Å². The van der Waals surface area contributed by atoms with Crippen LogP contribution in [0.5, 0.6) is 0 Å². The van der Waals surface area contributed by atoms with Crippen molar-refractivity contribution in [2.75, 3.05) is 23.0 Å². The van der Waals surface area contributed by atoms with Crippen molar-refractivity contribution in [1.29, 1.82) is 0 Å². The molecular weight excluding hydrogens is 518 g/mol. The van der Waals surface area contributed by atoms with Crippen molar-refractivity contribution >= 4 is 39.6 Å². The van der Waals surface area contributed by atoms with Crippen molar-refractivity contribution in [2.45, 2.75) is 31.9 Å². The van der Waals surface area contributed by atoms with E-state index in [1.54, 1.807) is 34.0 Å². The number of rotatable bonds is 10. The first-order valence-electron chi connectivity index (χ1n) is 13.7. The summed E-state index contributed by atoms with van der Waals surface area (Å²) in [6.45, 7) is 6.44. The van der Waals surface area contributed by atoms with Crippen LogP contribution >= 0.6 is 0 Å². The lowest BCUT2D eigenvalue weighted by molar-refractivity contribution is -0.139. The van der Waals surface area contributed by atoms with E-state index in [1.165, 1.54) is 4.90 Å². The molecular formula is C32H31N5O4. The van der Waals surface area contributed by atoms with Gasteiger partial charge in [0, 0.05) is 54.9 Å². The molecule has 6 rings (SSSR count). The van der Waals surface area contributed by atoms with Gasteiger partial charge >= 0.3 is 0 Å². The summed E-state index contributed by atoms with van der Waals surface area (Å²) in [6.07, 6.45) is 8.26. The number of carbonyl (C=O) groups is 2. The van der Waals surface area contributed by atoms with Crippen LogP contribution in [0, 0.1) is 5.92 Å². The number of hydrogen-bond acceptors (Lipinski definition) is 6. The van der Waals surface area contributed by atoms with Crippen LogP contribution in [0.3, 0.4) is 0 Å². The van der Waals surface area contributed by atoms with E-state index in [9.17, 15) is 14.7 Å². The van der Waals surface area contributed by atoms with Crippen molar-refractivity contribution in [3.8, 4) is 0 Å². The smallest absolute Gasteiger partial charge is 0.264 e. The standard InChI is InChI=1S/C32H31N5O4/c1-3-16-36-27-14-13-24(37-28-12-7-10-22-9-6-11-25(29(22)28)30(37)39)19-26(27)32(41,31(36)40)21(2)8-4-5-17-35-20-23(15-18-38)33-34-35/h3-4,6-14,19-21,38,41H,1,5,15-18H2,2H3/b8-4+/t21-,32+/m0/s1. The summed E-state index contributed by atoms with van der Waals surface area (Å²) in [7, 11) is 0. The molecule has 2 atom stereocenters. The van der Waals surface area contributed by atoms with Crippen LogP contribution in [0.1, 0.15) is 35.0 Å². The first-order valence-corrected chi connectivity index (χ1v) is 13.7. The van der Waals surface area contributed by atoms with Gasteiger partial charge in [0.05, 0.1) is 22.6 Å². The Morgan fingerprint density at radius 3 is 2.68 bits per heavy atom. The molecule has 0 unspecified atom stereocenters. The van der Waals surface area contributed by atoms with Crippen molar-refractivity contribution in [3.05, 3.63) is 102 Å². The average molecular weight is 550 g/mol. The predicted octanol–water partition coefficient (Wildman–Crippen LogP) is 4.26. The molecule has 9 nitrogen and oxygen atoms in total. The fourth-order valence-electron chi connectivity index (χ4n) is 5.88. The second-order valence-corrected chi connectivity index (χ2v) is 10.4. The Balaban J connectivity index is 1.32. The van der Waals surface area contributed by atoms with E-state index in [1.807, 2.05) is 61.5 Å². The van der Waals surface area contributed by atoms with Crippen LogP contribution in [0.15, 0.2) is 85.6 Å². The van der Waals surface area contributed by atoms with E-state index in [0.29, 0.717) is 41.9 Å². The van der Waals surface area contributed by atoms with E-state index in [0.717, 1.165) is 22.2 Å². The van der Waals surface area contributed by atoms with Gasteiger partial charge in [0.1, 0.15) is 0 Å². The highest BCUT2D eigenvalue weighted by Gasteiger charge is 2.52. The Bertz CT molecular complexity index is 1700. The topological polar surface area (TPSA) is 112 Å². The minimum atomic E-state index is -1.83. The number of aromatic nitrogens is 3. The van der Waals surface area contributed by atoms with Crippen molar-refractivity contribution < 1.29 is 19.8 Å². The zero-order valence-electron chi connectivity index (χ0n) is 22.8. The summed E-state index contributed by atoms with van der Waals surface area (Å²) in [5.74, 6) is -1.13. The largest absolute Gasteiger partial charge is 0.396 e. The predicted molar refractivity (Wildman–Crippen MR) is 157 cm³/mol. The van der Waals surface area contributed by atoms with Crippen LogP contribution in [0.2, 0.25) is 0 Å². The van der Waals surface area contributed by atoms with Gasteiger partial charge < -0.3 is 15.1 Å². The number of aliphatic hydroxyl groups excluding tert-OH is 1. The third-order valence-electron chi connectivity index (χ3n) is 7.94. The molecule has 0 radical (unpaired) electrons. The van der Waals surface area contributed by atoms with Gasteiger partial charge in [-0.3, -0.25) is 19.2 Å². The van der Waals surface area contributed by atoms with E-state index in [4.69, 9.17) is 5.11 Å². The Labute approximate surface area is 237 Å². The molecule has 0 fully saturated rings. The number of benzene rings is 3. The first kappa shape index (κ1) is 26.6. The average Bonchev–Trinajstić information content (AvgIpc) is 3.61. The molecule has 2 N–H and O–H groups in total. The summed E-state index contributed by atoms with van der Waals surface area (Å²) in [5.41, 5.74) is 1.95. The van der Waals surface area contributed by atoms with E-state index in [2.05, 4.69) is 16.9 Å². The molecule has 2 aliphatic heterocycles. The lowest BCUT2D eigenvalue weighted by Gasteiger charge is -2.28. The second-order valence-electron chi connectivity index (χ2n) is 10.4. The van der Waals surface area contributed by atoms with Crippen LogP contribution < -0.4 is 9.80 Å². The number of allylic oxidation sites excluding steroid dienone is 1. The molecule has 3 aromatic carbocycles. The van der Waals surface area contributed by atoms with Gasteiger partial charge in [-0.05, 0) is 42.1 Å². The number of aliphatic hydroxyl groups is 2. The highest BCUT2D eigenvalue weighted by atomic mass is 16.3. The second kappa shape index (κ2) is 10.4. The summed E-state index contributed by atoms with van der Waals surface area (Å²) < 4.78 is 1.70. The van der Waals surface area contributed by atoms with Crippen LogP contribution in [-0.4, -0.2) is 50.2 Å². The van der Waals surface area contributed by atoms with Gasteiger partial charge in [-0.25, -0.2) is 0 Å². The molecule has 0 saturated heterocycles. The van der Waals surface area contributed by atoms with E-state index < -0.39 is 17.4 Å². The number of nitrogens with zero attached hydrogens (tertiary/aromatic N) is 5. The highest BCUT2D eigenvalue weighted by Crippen LogP contribution is 2.49. The minimum absolute atomic E-state index is 0.0172. The molecule has 4 aromatic rings. The Morgan fingerprint density at radius 1 is 1.10 bits per heavy atom. The molecule has 1 aromatic heterocycles. The van der Waals surface area contributed by atoms with Crippen molar-refractivity contribution in [3.63, 3.8) is 0 Å². The lowest BCUT2D eigenvalue weighted by atomic mass is 9.82. The van der Waals surface area contributed by atoms with Crippen LogP contribution in [-0.2, 0) is 23.4 Å². The number of hydrogen-bond donors (Lipinski definition) is 2. The normalized spacial score (nSPS) is 18.6. The number of carbonyl (C=O) groups excluding carboxylic acids is 2. The highest BCUT2D eigenvalue weighted by molar-refractivity contribution is 6.28. The van der Waals surface area contributed by atoms with Crippen LogP contribution in [0.25, 0.3) is 10.8 Å². The maximum Gasteiger partial charge on any atom is 0.264 e. The first-order chi connectivity index (χ1) is 19.9. The number of anilines is 3. The summed E-state index contributed by atoms with van der Waals surface area (Å²) >= 11 is 0. The number of amides is 2. The van der Waals surface area contributed by atoms with Gasteiger partial charge in [0.25, 0.3) is 11.8 Å². The summed E-state index contributed by atoms with van der Waals surface area (Å²) in [6, 6.07) is 16.9. The minimum Gasteiger partial charge on any atom is -0.396 e. The molecule has 3 heterocycles. The monoisotopic (exact) mass is 549 g/mol. The van der Waals surface area contributed by atoms with Gasteiger partial charge in [0.2, 0.25) is 0 Å². The van der Waals surface area contributed by atoms with Gasteiger partial charge in [-0.15, -0.1) is 11.7 Å². The molecule has 2 aliphatic rings.